The maximum Gasteiger partial charge on any atom is 0.136 e. The molecule has 0 aliphatic carbocycles. The largest absolute Gasteiger partial charge is 0.456 e. The molecule has 50 heavy (non-hydrogen) atoms. The third-order valence-corrected chi connectivity index (χ3v) is 11.3. The number of hydrogen-bond donors (Lipinski definition) is 0. The van der Waals surface area contributed by atoms with E-state index in [1.165, 1.54) is 52.8 Å². The zero-order chi connectivity index (χ0) is 32.8. The Balaban J connectivity index is 1.26. The monoisotopic (exact) mass is 656 g/mol. The van der Waals surface area contributed by atoms with Crippen LogP contribution >= 0.6 is 11.3 Å². The first-order valence-electron chi connectivity index (χ1n) is 16.9. The van der Waals surface area contributed by atoms with Crippen LogP contribution in [0.5, 0.6) is 0 Å². The van der Waals surface area contributed by atoms with E-state index in [2.05, 4.69) is 173 Å². The van der Waals surface area contributed by atoms with Gasteiger partial charge in [-0.2, -0.15) is 0 Å². The molecule has 11 rings (SSSR count). The first-order chi connectivity index (χ1) is 24.8. The van der Waals surface area contributed by atoms with Gasteiger partial charge in [-0.25, -0.2) is 0 Å². The lowest BCUT2D eigenvalue weighted by Crippen LogP contribution is -2.11. The van der Waals surface area contributed by atoms with Crippen molar-refractivity contribution in [2.24, 2.45) is 0 Å². The molecular formula is C46H28N2OS. The topological polar surface area (TPSA) is 21.3 Å². The minimum Gasteiger partial charge on any atom is -0.456 e. The van der Waals surface area contributed by atoms with Crippen LogP contribution in [0.1, 0.15) is 0 Å². The second-order valence-electron chi connectivity index (χ2n) is 12.9. The zero-order valence-corrected chi connectivity index (χ0v) is 27.7. The summed E-state index contributed by atoms with van der Waals surface area (Å²) >= 11 is 1.85. The summed E-state index contributed by atoms with van der Waals surface area (Å²) in [7, 11) is 0. The molecule has 3 aromatic heterocycles. The highest BCUT2D eigenvalue weighted by Gasteiger charge is 2.23. The number of aromatic nitrogens is 1. The molecule has 0 aliphatic heterocycles. The van der Waals surface area contributed by atoms with Crippen LogP contribution in [-0.2, 0) is 0 Å². The van der Waals surface area contributed by atoms with Crippen molar-refractivity contribution in [3.63, 3.8) is 0 Å². The number of hydrogen-bond acceptors (Lipinski definition) is 3. The quantitative estimate of drug-likeness (QED) is 0.188. The summed E-state index contributed by atoms with van der Waals surface area (Å²) in [6, 6.07) is 61.4. The van der Waals surface area contributed by atoms with E-state index in [9.17, 15) is 0 Å². The summed E-state index contributed by atoms with van der Waals surface area (Å²) in [5.41, 5.74) is 8.63. The molecule has 0 bridgehead atoms. The molecule has 11 aromatic rings. The molecule has 0 N–H and O–H groups in total. The molecule has 0 fully saturated rings. The molecule has 3 nitrogen and oxygen atoms in total. The Morgan fingerprint density at radius 2 is 1.16 bits per heavy atom. The molecule has 0 saturated heterocycles. The molecule has 234 valence electrons. The van der Waals surface area contributed by atoms with E-state index in [-0.39, 0.29) is 0 Å². The lowest BCUT2D eigenvalue weighted by Gasteiger charge is -2.27. The van der Waals surface area contributed by atoms with E-state index in [4.69, 9.17) is 4.42 Å². The molecule has 0 atom stereocenters. The molecule has 0 amide bonds. The van der Waals surface area contributed by atoms with Gasteiger partial charge in [0.2, 0.25) is 0 Å². The Labute approximate surface area is 291 Å². The minimum absolute atomic E-state index is 0.903. The number of furan rings is 1. The van der Waals surface area contributed by atoms with Crippen molar-refractivity contribution < 1.29 is 4.42 Å². The van der Waals surface area contributed by atoms with Crippen LogP contribution < -0.4 is 4.90 Å². The Morgan fingerprint density at radius 3 is 2.08 bits per heavy atom. The van der Waals surface area contributed by atoms with Gasteiger partial charge < -0.3 is 13.9 Å². The Morgan fingerprint density at radius 1 is 0.460 bits per heavy atom. The Kier molecular flexibility index (Phi) is 5.83. The maximum absolute atomic E-state index is 6.35. The van der Waals surface area contributed by atoms with Gasteiger partial charge in [-0.15, -0.1) is 11.3 Å². The predicted molar refractivity (Wildman–Crippen MR) is 213 cm³/mol. The zero-order valence-electron chi connectivity index (χ0n) is 26.9. The van der Waals surface area contributed by atoms with E-state index >= 15 is 0 Å². The predicted octanol–water partition coefficient (Wildman–Crippen LogP) is 13.7. The summed E-state index contributed by atoms with van der Waals surface area (Å²) in [5.74, 6) is 0. The molecule has 3 heterocycles. The van der Waals surface area contributed by atoms with Gasteiger partial charge in [-0.1, -0.05) is 103 Å². The third-order valence-electron chi connectivity index (χ3n) is 10.2. The van der Waals surface area contributed by atoms with Gasteiger partial charge >= 0.3 is 0 Å². The standard InChI is InChI=1S/C46H28N2OS/c1-2-11-30(12-3-1)48-39-17-7-4-13-33(39)36-16-10-18-40(46(36)48)47(32-24-25-35-34-14-6-9-20-43(34)50-44(35)28-32)31-23-21-29-22-26-42-45(38(29)27-31)37-15-5-8-19-41(37)49-42/h1-28H. The van der Waals surface area contributed by atoms with Crippen LogP contribution in [0.3, 0.4) is 0 Å². The fourth-order valence-corrected chi connectivity index (χ4v) is 9.12. The van der Waals surface area contributed by atoms with Crippen molar-refractivity contribution >= 4 is 103 Å². The second-order valence-corrected chi connectivity index (χ2v) is 14.0. The molecular weight excluding hydrogens is 629 g/mol. The van der Waals surface area contributed by atoms with Crippen molar-refractivity contribution in [1.29, 1.82) is 0 Å². The highest BCUT2D eigenvalue weighted by atomic mass is 32.1. The molecule has 0 unspecified atom stereocenters. The molecule has 0 spiro atoms. The van der Waals surface area contributed by atoms with Gasteiger partial charge in [0.05, 0.1) is 16.7 Å². The average molecular weight is 657 g/mol. The van der Waals surface area contributed by atoms with Crippen LogP contribution in [0.2, 0.25) is 0 Å². The van der Waals surface area contributed by atoms with Crippen molar-refractivity contribution in [1.82, 2.24) is 4.57 Å². The van der Waals surface area contributed by atoms with Gasteiger partial charge in [0.15, 0.2) is 0 Å². The minimum atomic E-state index is 0.903. The number of anilines is 3. The number of nitrogens with zero attached hydrogens (tertiary/aromatic N) is 2. The van der Waals surface area contributed by atoms with Crippen molar-refractivity contribution in [3.8, 4) is 5.69 Å². The van der Waals surface area contributed by atoms with Gasteiger partial charge in [0, 0.05) is 58.8 Å². The number of thiophene rings is 1. The summed E-state index contributed by atoms with van der Waals surface area (Å²) in [6.45, 7) is 0. The van der Waals surface area contributed by atoms with Crippen LogP contribution in [0.4, 0.5) is 17.1 Å². The smallest absolute Gasteiger partial charge is 0.136 e. The normalized spacial score (nSPS) is 12.0. The van der Waals surface area contributed by atoms with Gasteiger partial charge in [-0.05, 0) is 77.5 Å². The summed E-state index contributed by atoms with van der Waals surface area (Å²) < 4.78 is 11.3. The Bertz CT molecular complexity index is 3110. The summed E-state index contributed by atoms with van der Waals surface area (Å²) in [5, 5.41) is 9.69. The maximum atomic E-state index is 6.35. The molecule has 0 saturated carbocycles. The van der Waals surface area contributed by atoms with Gasteiger partial charge in [0.1, 0.15) is 11.2 Å². The van der Waals surface area contributed by atoms with Crippen molar-refractivity contribution in [3.05, 3.63) is 170 Å². The first-order valence-corrected chi connectivity index (χ1v) is 17.7. The van der Waals surface area contributed by atoms with Crippen LogP contribution in [0.15, 0.2) is 174 Å². The molecule has 0 radical (unpaired) electrons. The number of rotatable bonds is 4. The number of para-hydroxylation sites is 4. The van der Waals surface area contributed by atoms with Crippen LogP contribution in [0, 0.1) is 0 Å². The molecule has 0 aliphatic rings. The average Bonchev–Trinajstić information content (AvgIpc) is 3.85. The van der Waals surface area contributed by atoms with Crippen molar-refractivity contribution in [2.75, 3.05) is 4.90 Å². The fraction of sp³-hybridized carbons (Fsp3) is 0. The van der Waals surface area contributed by atoms with E-state index in [1.54, 1.807) is 0 Å². The Hall–Kier alpha value is -6.36. The highest BCUT2D eigenvalue weighted by molar-refractivity contribution is 7.25. The second kappa shape index (κ2) is 10.6. The fourth-order valence-electron chi connectivity index (χ4n) is 7.98. The summed E-state index contributed by atoms with van der Waals surface area (Å²) in [4.78, 5) is 2.45. The van der Waals surface area contributed by atoms with Crippen LogP contribution in [-0.4, -0.2) is 4.57 Å². The van der Waals surface area contributed by atoms with E-state index in [0.29, 0.717) is 0 Å². The van der Waals surface area contributed by atoms with Crippen LogP contribution in [0.25, 0.3) is 80.4 Å². The highest BCUT2D eigenvalue weighted by Crippen LogP contribution is 2.46. The third kappa shape index (κ3) is 3.97. The van der Waals surface area contributed by atoms with E-state index in [1.807, 2.05) is 17.4 Å². The number of benzene rings is 8. The van der Waals surface area contributed by atoms with E-state index in [0.717, 1.165) is 44.7 Å². The number of fused-ring (bicyclic) bond motifs is 11. The molecule has 8 aromatic carbocycles. The summed E-state index contributed by atoms with van der Waals surface area (Å²) in [6.07, 6.45) is 0. The molecule has 4 heteroatoms. The van der Waals surface area contributed by atoms with Gasteiger partial charge in [-0.3, -0.25) is 0 Å². The SMILES string of the molecule is c1ccc(-n2c3ccccc3c3cccc(N(c4ccc5c(c4)sc4ccccc45)c4ccc5ccc6oc7ccccc7c6c5c4)c32)cc1. The lowest BCUT2D eigenvalue weighted by molar-refractivity contribution is 0.669. The first kappa shape index (κ1) is 27.6. The van der Waals surface area contributed by atoms with Crippen molar-refractivity contribution in [2.45, 2.75) is 0 Å². The van der Waals surface area contributed by atoms with E-state index < -0.39 is 0 Å². The van der Waals surface area contributed by atoms with Gasteiger partial charge in [0.25, 0.3) is 0 Å². The lowest BCUT2D eigenvalue weighted by atomic mass is 10.0.